The van der Waals surface area contributed by atoms with Gasteiger partial charge in [-0.25, -0.2) is 4.79 Å². The average Bonchev–Trinajstić information content (AvgIpc) is 2.55. The summed E-state index contributed by atoms with van der Waals surface area (Å²) in [4.78, 5) is 23.3. The minimum atomic E-state index is -0.691. The number of aryl methyl sites for hydroxylation is 1. The quantitative estimate of drug-likeness (QED) is 0.784. The molecule has 24 heavy (non-hydrogen) atoms. The summed E-state index contributed by atoms with van der Waals surface area (Å²) < 4.78 is 10.5. The number of ether oxygens (including phenoxy) is 2. The topological polar surface area (TPSA) is 103 Å². The van der Waals surface area contributed by atoms with Crippen LogP contribution in [0.5, 0.6) is 11.5 Å². The predicted molar refractivity (Wildman–Crippen MR) is 91.9 cm³/mol. The lowest BCUT2D eigenvalue weighted by Crippen LogP contribution is -2.20. The molecule has 0 unspecified atom stereocenters. The molecule has 0 aliphatic carbocycles. The van der Waals surface area contributed by atoms with Gasteiger partial charge in [-0.2, -0.15) is 0 Å². The van der Waals surface area contributed by atoms with Crippen molar-refractivity contribution in [2.75, 3.05) is 24.9 Å². The van der Waals surface area contributed by atoms with Crippen LogP contribution < -0.4 is 25.8 Å². The smallest absolute Gasteiger partial charge is 0.316 e. The zero-order valence-electron chi connectivity index (χ0n) is 13.7. The second-order valence-corrected chi connectivity index (χ2v) is 5.05. The van der Waals surface area contributed by atoms with Crippen molar-refractivity contribution >= 4 is 23.3 Å². The van der Waals surface area contributed by atoms with Crippen molar-refractivity contribution in [1.29, 1.82) is 0 Å². The molecular weight excluding hydrogens is 310 g/mol. The highest BCUT2D eigenvalue weighted by molar-refractivity contribution is 6.05. The van der Waals surface area contributed by atoms with Gasteiger partial charge in [-0.1, -0.05) is 6.07 Å². The van der Waals surface area contributed by atoms with E-state index >= 15 is 0 Å². The number of rotatable bonds is 5. The van der Waals surface area contributed by atoms with Crippen molar-refractivity contribution < 1.29 is 19.1 Å². The summed E-state index contributed by atoms with van der Waals surface area (Å²) >= 11 is 0. The summed E-state index contributed by atoms with van der Waals surface area (Å²) in [5, 5.41) is 5.25. The molecule has 0 aliphatic heterocycles. The fraction of sp³-hybridized carbons (Fsp3) is 0.176. The van der Waals surface area contributed by atoms with Gasteiger partial charge >= 0.3 is 6.03 Å². The molecule has 0 fully saturated rings. The minimum absolute atomic E-state index is 0.321. The average molecular weight is 329 g/mol. The summed E-state index contributed by atoms with van der Waals surface area (Å²) in [6, 6.07) is 9.25. The van der Waals surface area contributed by atoms with Crippen LogP contribution in [-0.2, 0) is 0 Å². The Morgan fingerprint density at radius 1 is 1.00 bits per heavy atom. The number of amides is 3. The highest BCUT2D eigenvalue weighted by atomic mass is 16.5. The maximum atomic E-state index is 12.4. The zero-order valence-corrected chi connectivity index (χ0v) is 13.7. The molecule has 0 aromatic heterocycles. The van der Waals surface area contributed by atoms with Crippen LogP contribution in [0.3, 0.4) is 0 Å². The third-order valence-corrected chi connectivity index (χ3v) is 3.37. The van der Waals surface area contributed by atoms with Crippen molar-refractivity contribution in [3.05, 3.63) is 47.5 Å². The van der Waals surface area contributed by atoms with E-state index in [0.717, 1.165) is 5.56 Å². The number of anilines is 2. The molecule has 0 bridgehead atoms. The van der Waals surface area contributed by atoms with Gasteiger partial charge in [-0.05, 0) is 36.8 Å². The van der Waals surface area contributed by atoms with Gasteiger partial charge in [0.25, 0.3) is 5.91 Å². The van der Waals surface area contributed by atoms with Crippen LogP contribution in [0.1, 0.15) is 15.9 Å². The third-order valence-electron chi connectivity index (χ3n) is 3.37. The van der Waals surface area contributed by atoms with E-state index in [2.05, 4.69) is 10.6 Å². The number of methoxy groups -OCH3 is 2. The molecule has 0 atom stereocenters. The van der Waals surface area contributed by atoms with E-state index in [1.54, 1.807) is 37.4 Å². The van der Waals surface area contributed by atoms with Gasteiger partial charge in [-0.3, -0.25) is 4.79 Å². The number of carbonyl (C=O) groups excluding carboxylic acids is 2. The fourth-order valence-corrected chi connectivity index (χ4v) is 2.19. The highest BCUT2D eigenvalue weighted by Crippen LogP contribution is 2.33. The number of primary amides is 1. The summed E-state index contributed by atoms with van der Waals surface area (Å²) in [5.41, 5.74) is 7.33. The number of nitrogens with one attached hydrogen (secondary N) is 2. The van der Waals surface area contributed by atoms with E-state index < -0.39 is 6.03 Å². The lowest BCUT2D eigenvalue weighted by Gasteiger charge is -2.14. The Morgan fingerprint density at radius 3 is 2.29 bits per heavy atom. The van der Waals surface area contributed by atoms with Gasteiger partial charge in [0, 0.05) is 23.0 Å². The van der Waals surface area contributed by atoms with Crippen LogP contribution in [-0.4, -0.2) is 26.2 Å². The van der Waals surface area contributed by atoms with E-state index in [-0.39, 0.29) is 5.91 Å². The van der Waals surface area contributed by atoms with Gasteiger partial charge in [-0.15, -0.1) is 0 Å². The molecule has 126 valence electrons. The second kappa shape index (κ2) is 7.36. The Morgan fingerprint density at radius 2 is 1.67 bits per heavy atom. The van der Waals surface area contributed by atoms with E-state index in [9.17, 15) is 9.59 Å². The van der Waals surface area contributed by atoms with E-state index in [0.29, 0.717) is 28.4 Å². The van der Waals surface area contributed by atoms with E-state index in [1.165, 1.54) is 13.2 Å². The molecule has 3 amide bonds. The molecular formula is C17H19N3O4. The van der Waals surface area contributed by atoms with Gasteiger partial charge in [0.05, 0.1) is 14.2 Å². The Bertz CT molecular complexity index is 774. The monoisotopic (exact) mass is 329 g/mol. The molecule has 4 N–H and O–H groups in total. The van der Waals surface area contributed by atoms with Crippen molar-refractivity contribution in [1.82, 2.24) is 0 Å². The first-order valence-corrected chi connectivity index (χ1v) is 7.15. The first-order valence-electron chi connectivity index (χ1n) is 7.15. The van der Waals surface area contributed by atoms with Crippen LogP contribution in [0, 0.1) is 6.92 Å². The number of hydrogen-bond donors (Lipinski definition) is 3. The van der Waals surface area contributed by atoms with Crippen LogP contribution in [0.15, 0.2) is 36.4 Å². The molecule has 7 heteroatoms. The number of hydrogen-bond acceptors (Lipinski definition) is 4. The molecule has 2 rings (SSSR count). The lowest BCUT2D eigenvalue weighted by atomic mass is 10.1. The van der Waals surface area contributed by atoms with E-state index in [1.807, 2.05) is 6.92 Å². The predicted octanol–water partition coefficient (Wildman–Crippen LogP) is 2.76. The Balaban J connectivity index is 2.25. The first-order chi connectivity index (χ1) is 11.4. The number of urea groups is 1. The van der Waals surface area contributed by atoms with Crippen LogP contribution in [0.4, 0.5) is 16.2 Å². The maximum absolute atomic E-state index is 12.4. The summed E-state index contributed by atoms with van der Waals surface area (Å²) in [6.07, 6.45) is 0. The molecule has 0 aliphatic rings. The third kappa shape index (κ3) is 3.95. The van der Waals surface area contributed by atoms with Crippen molar-refractivity contribution in [3.63, 3.8) is 0 Å². The fourth-order valence-electron chi connectivity index (χ4n) is 2.19. The molecule has 2 aromatic rings. The van der Waals surface area contributed by atoms with Crippen LogP contribution in [0.2, 0.25) is 0 Å². The lowest BCUT2D eigenvalue weighted by molar-refractivity contribution is 0.102. The van der Waals surface area contributed by atoms with Gasteiger partial charge < -0.3 is 25.8 Å². The van der Waals surface area contributed by atoms with Gasteiger partial charge in [0.2, 0.25) is 0 Å². The maximum Gasteiger partial charge on any atom is 0.316 e. The minimum Gasteiger partial charge on any atom is -0.493 e. The van der Waals surface area contributed by atoms with Crippen LogP contribution >= 0.6 is 0 Å². The Hall–Kier alpha value is -3.22. The summed E-state index contributed by atoms with van der Waals surface area (Å²) in [6.45, 7) is 1.85. The Labute approximate surface area is 139 Å². The number of benzene rings is 2. The molecule has 2 aromatic carbocycles. The SMILES string of the molecule is COc1cc(C)c(NC(=O)c2cccc(NC(N)=O)c2)cc1OC. The zero-order chi connectivity index (χ0) is 17.7. The standard InChI is InChI=1S/C17H19N3O4/c1-10-7-14(23-2)15(24-3)9-13(10)20-16(21)11-5-4-6-12(8-11)19-17(18)22/h4-9H,1-3H3,(H,20,21)(H3,18,19,22). The number of carbonyl (C=O) groups is 2. The molecule has 0 saturated carbocycles. The molecule has 0 spiro atoms. The molecule has 0 saturated heterocycles. The summed E-state index contributed by atoms with van der Waals surface area (Å²) in [7, 11) is 3.07. The Kier molecular flexibility index (Phi) is 5.26. The van der Waals surface area contributed by atoms with Crippen LogP contribution in [0.25, 0.3) is 0 Å². The second-order valence-electron chi connectivity index (χ2n) is 5.05. The number of nitrogens with two attached hydrogens (primary N) is 1. The normalized spacial score (nSPS) is 9.96. The van der Waals surface area contributed by atoms with E-state index in [4.69, 9.17) is 15.2 Å². The van der Waals surface area contributed by atoms with Gasteiger partial charge in [0.1, 0.15) is 0 Å². The largest absolute Gasteiger partial charge is 0.493 e. The van der Waals surface area contributed by atoms with Crippen molar-refractivity contribution in [3.8, 4) is 11.5 Å². The molecule has 0 heterocycles. The molecule has 7 nitrogen and oxygen atoms in total. The highest BCUT2D eigenvalue weighted by Gasteiger charge is 2.13. The first kappa shape index (κ1) is 17.1. The van der Waals surface area contributed by atoms with Crippen molar-refractivity contribution in [2.24, 2.45) is 5.73 Å². The summed E-state index contributed by atoms with van der Waals surface area (Å²) in [5.74, 6) is 0.779. The van der Waals surface area contributed by atoms with Crippen molar-refractivity contribution in [2.45, 2.75) is 6.92 Å². The molecule has 0 radical (unpaired) electrons. The van der Waals surface area contributed by atoms with Gasteiger partial charge in [0.15, 0.2) is 11.5 Å².